The first-order chi connectivity index (χ1) is 14.3. The van der Waals surface area contributed by atoms with Gasteiger partial charge in [0.05, 0.1) is 31.5 Å². The predicted molar refractivity (Wildman–Crippen MR) is 110 cm³/mol. The van der Waals surface area contributed by atoms with Gasteiger partial charge in [-0.2, -0.15) is 0 Å². The molecule has 0 amide bonds. The number of halogens is 4. The average Bonchev–Trinajstić information content (AvgIpc) is 2.69. The van der Waals surface area contributed by atoms with Crippen molar-refractivity contribution in [2.45, 2.75) is 12.4 Å². The summed E-state index contributed by atoms with van der Waals surface area (Å²) < 4.78 is 47.3. The van der Waals surface area contributed by atoms with E-state index in [1.807, 2.05) is 18.2 Å². The Morgan fingerprint density at radius 1 is 1.20 bits per heavy atom. The molecule has 1 aliphatic heterocycles. The Morgan fingerprint density at radius 3 is 2.63 bits per heavy atom. The molecule has 1 fully saturated rings. The van der Waals surface area contributed by atoms with Gasteiger partial charge in [-0.15, -0.1) is 13.2 Å². The van der Waals surface area contributed by atoms with Crippen LogP contribution in [0.2, 0.25) is 5.02 Å². The number of nitrogens with one attached hydrogen (secondary N) is 1. The first-order valence-corrected chi connectivity index (χ1v) is 9.68. The molecule has 1 aliphatic rings. The fourth-order valence-electron chi connectivity index (χ4n) is 3.18. The van der Waals surface area contributed by atoms with Crippen molar-refractivity contribution in [3.63, 3.8) is 0 Å². The number of aliphatic imine (C=N–C) groups is 1. The maximum Gasteiger partial charge on any atom is 0.573 e. The number of morpholine rings is 1. The molecule has 3 rings (SSSR count). The van der Waals surface area contributed by atoms with Gasteiger partial charge >= 0.3 is 6.36 Å². The van der Waals surface area contributed by atoms with Crippen molar-refractivity contribution in [3.8, 4) is 5.75 Å². The third-order valence-electron chi connectivity index (χ3n) is 4.53. The van der Waals surface area contributed by atoms with Crippen LogP contribution in [-0.4, -0.2) is 50.1 Å². The summed E-state index contributed by atoms with van der Waals surface area (Å²) >= 11 is 6.15. The van der Waals surface area contributed by atoms with Gasteiger partial charge in [0.25, 0.3) is 0 Å². The lowest BCUT2D eigenvalue weighted by Crippen LogP contribution is -2.40. The first-order valence-electron chi connectivity index (χ1n) is 9.31. The van der Waals surface area contributed by atoms with Crippen LogP contribution < -0.4 is 15.8 Å². The van der Waals surface area contributed by atoms with Crippen LogP contribution in [0.4, 0.5) is 18.9 Å². The maximum absolute atomic E-state index is 12.6. The number of benzene rings is 2. The van der Waals surface area contributed by atoms with Crippen molar-refractivity contribution in [1.29, 1.82) is 0 Å². The molecule has 0 saturated carbocycles. The second-order valence-corrected chi connectivity index (χ2v) is 7.05. The van der Waals surface area contributed by atoms with Gasteiger partial charge < -0.3 is 20.5 Å². The zero-order chi connectivity index (χ0) is 21.6. The number of nitrogens with two attached hydrogens (primary N) is 1. The minimum atomic E-state index is -4.81. The molecule has 0 bridgehead atoms. The van der Waals surface area contributed by atoms with Crippen LogP contribution in [0.3, 0.4) is 0 Å². The minimum Gasteiger partial charge on any atom is -0.404 e. The number of guanidine groups is 1. The minimum absolute atomic E-state index is 0.0199. The molecule has 10 heteroatoms. The molecule has 3 N–H and O–H groups in total. The van der Waals surface area contributed by atoms with Crippen molar-refractivity contribution in [2.24, 2.45) is 10.7 Å². The molecule has 1 atom stereocenters. The van der Waals surface area contributed by atoms with E-state index in [0.29, 0.717) is 24.8 Å². The Morgan fingerprint density at radius 2 is 1.93 bits per heavy atom. The summed E-state index contributed by atoms with van der Waals surface area (Å²) in [6, 6.07) is 13.0. The third kappa shape index (κ3) is 6.51. The molecule has 0 aliphatic carbocycles. The lowest BCUT2D eigenvalue weighted by Gasteiger charge is -2.34. The van der Waals surface area contributed by atoms with E-state index in [4.69, 9.17) is 22.1 Å². The van der Waals surface area contributed by atoms with Crippen molar-refractivity contribution in [2.75, 3.05) is 38.2 Å². The second-order valence-electron chi connectivity index (χ2n) is 6.61. The van der Waals surface area contributed by atoms with E-state index in [-0.39, 0.29) is 23.4 Å². The van der Waals surface area contributed by atoms with Gasteiger partial charge in [0.1, 0.15) is 0 Å². The van der Waals surface area contributed by atoms with Crippen LogP contribution in [0.15, 0.2) is 53.5 Å². The first kappa shape index (κ1) is 22.2. The number of anilines is 1. The molecule has 1 unspecified atom stereocenters. The van der Waals surface area contributed by atoms with Crippen molar-refractivity contribution in [3.05, 3.63) is 59.1 Å². The van der Waals surface area contributed by atoms with Crippen molar-refractivity contribution >= 4 is 23.2 Å². The number of ether oxygens (including phenoxy) is 2. The van der Waals surface area contributed by atoms with Crippen molar-refractivity contribution in [1.82, 2.24) is 4.90 Å². The van der Waals surface area contributed by atoms with Gasteiger partial charge in [-0.05, 0) is 29.8 Å². The highest BCUT2D eigenvalue weighted by molar-refractivity contribution is 6.30. The molecule has 1 heterocycles. The van der Waals surface area contributed by atoms with Crippen LogP contribution in [0.1, 0.15) is 11.6 Å². The van der Waals surface area contributed by atoms with Crippen LogP contribution in [0, 0.1) is 0 Å². The van der Waals surface area contributed by atoms with Crippen molar-refractivity contribution < 1.29 is 22.6 Å². The van der Waals surface area contributed by atoms with Gasteiger partial charge in [0, 0.05) is 18.1 Å². The van der Waals surface area contributed by atoms with Gasteiger partial charge in [0.2, 0.25) is 0 Å². The smallest absolute Gasteiger partial charge is 0.404 e. The third-order valence-corrected chi connectivity index (χ3v) is 4.77. The molecular weight excluding hydrogens is 421 g/mol. The van der Waals surface area contributed by atoms with Gasteiger partial charge in [-0.3, -0.25) is 9.89 Å². The Bertz CT molecular complexity index is 873. The Balaban J connectivity index is 1.75. The average molecular weight is 443 g/mol. The molecule has 2 aromatic rings. The summed E-state index contributed by atoms with van der Waals surface area (Å²) in [5.41, 5.74) is 7.00. The standard InChI is InChI=1S/C20H22ClF3N4O2/c21-15-5-3-4-14(12-15)17(28-8-10-29-11-9-28)13-26-19(25)27-16-6-1-2-7-18(16)30-20(22,23)24/h1-7,12,17H,8-11,13H2,(H3,25,26,27). The van der Waals surface area contributed by atoms with E-state index >= 15 is 0 Å². The topological polar surface area (TPSA) is 72.1 Å². The van der Waals surface area contributed by atoms with Crippen LogP contribution in [0.25, 0.3) is 0 Å². The van der Waals surface area contributed by atoms with Crippen LogP contribution in [-0.2, 0) is 4.74 Å². The molecule has 6 nitrogen and oxygen atoms in total. The Hall–Kier alpha value is -2.49. The lowest BCUT2D eigenvalue weighted by molar-refractivity contribution is -0.274. The highest BCUT2D eigenvalue weighted by Gasteiger charge is 2.32. The summed E-state index contributed by atoms with van der Waals surface area (Å²) in [7, 11) is 0. The Kier molecular flexibility index (Phi) is 7.41. The van der Waals surface area contributed by atoms with Gasteiger partial charge in [-0.1, -0.05) is 35.9 Å². The van der Waals surface area contributed by atoms with Crippen LogP contribution in [0.5, 0.6) is 5.75 Å². The molecule has 30 heavy (non-hydrogen) atoms. The van der Waals surface area contributed by atoms with E-state index in [1.54, 1.807) is 12.1 Å². The highest BCUT2D eigenvalue weighted by atomic mass is 35.5. The fraction of sp³-hybridized carbons (Fsp3) is 0.350. The number of hydrogen-bond donors (Lipinski definition) is 2. The van der Waals surface area contributed by atoms with E-state index in [0.717, 1.165) is 18.7 Å². The largest absolute Gasteiger partial charge is 0.573 e. The summed E-state index contributed by atoms with van der Waals surface area (Å²) in [6.07, 6.45) is -4.81. The number of hydrogen-bond acceptors (Lipinski definition) is 4. The lowest BCUT2D eigenvalue weighted by atomic mass is 10.0. The zero-order valence-corrected chi connectivity index (χ0v) is 16.8. The number of rotatable bonds is 6. The molecule has 1 saturated heterocycles. The second kappa shape index (κ2) is 10.0. The number of alkyl halides is 3. The molecule has 0 aromatic heterocycles. The molecule has 0 radical (unpaired) electrons. The van der Waals surface area contributed by atoms with E-state index in [1.165, 1.54) is 18.2 Å². The number of nitrogens with zero attached hydrogens (tertiary/aromatic N) is 2. The summed E-state index contributed by atoms with van der Waals surface area (Å²) in [5, 5.41) is 3.30. The van der Waals surface area contributed by atoms with E-state index in [9.17, 15) is 13.2 Å². The summed E-state index contributed by atoms with van der Waals surface area (Å²) in [5.74, 6) is -0.406. The predicted octanol–water partition coefficient (Wildman–Crippen LogP) is 4.04. The Labute approximate surface area is 177 Å². The fourth-order valence-corrected chi connectivity index (χ4v) is 3.38. The maximum atomic E-state index is 12.6. The van der Waals surface area contributed by atoms with Gasteiger partial charge in [-0.25, -0.2) is 0 Å². The molecule has 0 spiro atoms. The zero-order valence-electron chi connectivity index (χ0n) is 16.0. The normalized spacial score (nSPS) is 16.9. The highest BCUT2D eigenvalue weighted by Crippen LogP contribution is 2.30. The molecule has 2 aromatic carbocycles. The number of para-hydroxylation sites is 2. The summed E-state index contributed by atoms with van der Waals surface area (Å²) in [6.45, 7) is 2.96. The van der Waals surface area contributed by atoms with Gasteiger partial charge in [0.15, 0.2) is 11.7 Å². The monoisotopic (exact) mass is 442 g/mol. The molecular formula is C20H22ClF3N4O2. The van der Waals surface area contributed by atoms with Crippen LogP contribution >= 0.6 is 11.6 Å². The summed E-state index contributed by atoms with van der Waals surface area (Å²) in [4.78, 5) is 6.57. The molecule has 162 valence electrons. The quantitative estimate of drug-likeness (QED) is 0.522. The SMILES string of the molecule is NC(=NCC(c1cccc(Cl)c1)N1CCOCC1)Nc1ccccc1OC(F)(F)F. The van der Waals surface area contributed by atoms with E-state index < -0.39 is 6.36 Å². The van der Waals surface area contributed by atoms with E-state index in [2.05, 4.69) is 19.9 Å².